The minimum Gasteiger partial charge on any atom is -0.457 e. The Labute approximate surface area is 441 Å². The van der Waals surface area contributed by atoms with Crippen molar-refractivity contribution >= 4 is 89.5 Å². The number of fused-ring (bicyclic) bond motifs is 2. The standard InChI is InChI=1S/C64H58N6O6/c1-5-9-17-39(7-3)37-69-61(71)49-33-31-47-58-54(76-46-29-25-44(26-30-46)68-66-42-21-15-12-16-22-42)36-52-56-50(62(72)70(64(52)74)38-40(8-4)18-10-6-2)34-32-48(60(56)58)57-53(35-51(63(69)73)55(49)59(47)57)75-45-27-23-43(24-28-45)67-65-41-19-13-11-14-20-41/h11-16,19-36,39-40H,5-10,17-18,37-38H2,1-4H3. The van der Waals surface area contributed by atoms with Crippen LogP contribution in [0.15, 0.2) is 166 Å². The summed E-state index contributed by atoms with van der Waals surface area (Å²) in [6.45, 7) is 9.08. The van der Waals surface area contributed by atoms with Crippen LogP contribution in [0.2, 0.25) is 0 Å². The molecule has 0 radical (unpaired) electrons. The van der Waals surface area contributed by atoms with Crippen LogP contribution in [0.3, 0.4) is 0 Å². The van der Waals surface area contributed by atoms with Crippen molar-refractivity contribution in [2.45, 2.75) is 79.1 Å². The third kappa shape index (κ3) is 9.22. The fourth-order valence-corrected chi connectivity index (χ4v) is 11.0. The Balaban J connectivity index is 1.13. The van der Waals surface area contributed by atoms with E-state index in [-0.39, 0.29) is 23.7 Å². The first kappa shape index (κ1) is 49.6. The van der Waals surface area contributed by atoms with Crippen molar-refractivity contribution in [3.63, 3.8) is 0 Å². The van der Waals surface area contributed by atoms with Crippen molar-refractivity contribution < 1.29 is 28.7 Å². The molecule has 380 valence electrons. The molecule has 0 saturated heterocycles. The number of benzene rings is 9. The summed E-state index contributed by atoms with van der Waals surface area (Å²) >= 11 is 0. The Kier molecular flexibility index (Phi) is 13.9. The molecule has 4 amide bonds. The van der Waals surface area contributed by atoms with E-state index >= 15 is 9.59 Å². The molecule has 76 heavy (non-hydrogen) atoms. The van der Waals surface area contributed by atoms with Crippen LogP contribution in [0.5, 0.6) is 23.0 Å². The predicted molar refractivity (Wildman–Crippen MR) is 299 cm³/mol. The zero-order valence-corrected chi connectivity index (χ0v) is 43.2. The average Bonchev–Trinajstić information content (AvgIpc) is 3.63. The predicted octanol–water partition coefficient (Wildman–Crippen LogP) is 17.8. The first-order chi connectivity index (χ1) is 37.2. The van der Waals surface area contributed by atoms with E-state index in [1.807, 2.05) is 97.1 Å². The van der Waals surface area contributed by atoms with Gasteiger partial charge in [0, 0.05) is 56.5 Å². The van der Waals surface area contributed by atoms with Crippen molar-refractivity contribution in [1.29, 1.82) is 0 Å². The second kappa shape index (κ2) is 21.3. The Hall–Kier alpha value is -8.64. The van der Waals surface area contributed by atoms with Gasteiger partial charge in [-0.05, 0) is 133 Å². The van der Waals surface area contributed by atoms with E-state index in [1.54, 1.807) is 48.5 Å². The van der Waals surface area contributed by atoms with Crippen molar-refractivity contribution in [3.05, 3.63) is 168 Å². The van der Waals surface area contributed by atoms with Crippen molar-refractivity contribution in [2.24, 2.45) is 32.3 Å². The molecule has 0 aliphatic carbocycles. The van der Waals surface area contributed by atoms with Crippen molar-refractivity contribution in [1.82, 2.24) is 9.80 Å². The number of carbonyl (C=O) groups excluding carboxylic acids is 4. The number of nitrogens with zero attached hydrogens (tertiary/aromatic N) is 6. The molecule has 12 heteroatoms. The lowest BCUT2D eigenvalue weighted by Gasteiger charge is -2.33. The Morgan fingerprint density at radius 3 is 1.11 bits per heavy atom. The molecule has 11 rings (SSSR count). The molecule has 0 spiro atoms. The molecule has 2 unspecified atom stereocenters. The number of unbranched alkanes of at least 4 members (excludes halogenated alkanes) is 2. The average molecular weight is 1010 g/mol. The molecule has 0 fully saturated rings. The molecule has 9 aromatic rings. The van der Waals surface area contributed by atoms with E-state index in [0.717, 1.165) is 62.7 Å². The first-order valence-electron chi connectivity index (χ1n) is 26.7. The van der Waals surface area contributed by atoms with Gasteiger partial charge in [-0.3, -0.25) is 29.0 Å². The number of imide groups is 2. The van der Waals surface area contributed by atoms with E-state index in [2.05, 4.69) is 48.2 Å². The van der Waals surface area contributed by atoms with Gasteiger partial charge in [0.15, 0.2) is 0 Å². The number of carbonyl (C=O) groups is 4. The number of ether oxygens (including phenoxy) is 2. The summed E-state index contributed by atoms with van der Waals surface area (Å²) in [5.41, 5.74) is 4.17. The van der Waals surface area contributed by atoms with Crippen LogP contribution in [0.25, 0.3) is 43.1 Å². The second-order valence-corrected chi connectivity index (χ2v) is 20.0. The quantitative estimate of drug-likeness (QED) is 0.0322. The molecule has 0 aromatic heterocycles. The van der Waals surface area contributed by atoms with E-state index in [9.17, 15) is 9.59 Å². The number of azo groups is 2. The van der Waals surface area contributed by atoms with Gasteiger partial charge in [0.25, 0.3) is 23.6 Å². The zero-order chi connectivity index (χ0) is 52.5. The molecule has 0 saturated carbocycles. The number of hydrogen-bond acceptors (Lipinski definition) is 10. The number of hydrogen-bond donors (Lipinski definition) is 0. The van der Waals surface area contributed by atoms with Gasteiger partial charge in [-0.25, -0.2) is 0 Å². The third-order valence-corrected chi connectivity index (χ3v) is 15.1. The highest BCUT2D eigenvalue weighted by Crippen LogP contribution is 2.53. The maximum atomic E-state index is 15.1. The normalized spacial score (nSPS) is 14.4. The van der Waals surface area contributed by atoms with Crippen LogP contribution in [0, 0.1) is 11.8 Å². The lowest BCUT2D eigenvalue weighted by atomic mass is 9.81. The zero-order valence-electron chi connectivity index (χ0n) is 43.2. The largest absolute Gasteiger partial charge is 0.457 e. The lowest BCUT2D eigenvalue weighted by Crippen LogP contribution is -2.43. The van der Waals surface area contributed by atoms with Gasteiger partial charge in [-0.15, -0.1) is 0 Å². The van der Waals surface area contributed by atoms with Gasteiger partial charge in [-0.2, -0.15) is 20.5 Å². The third-order valence-electron chi connectivity index (χ3n) is 15.1. The summed E-state index contributed by atoms with van der Waals surface area (Å²) < 4.78 is 13.9. The molecule has 0 N–H and O–H groups in total. The maximum Gasteiger partial charge on any atom is 0.261 e. The van der Waals surface area contributed by atoms with Crippen molar-refractivity contribution in [3.8, 4) is 23.0 Å². The summed E-state index contributed by atoms with van der Waals surface area (Å²) in [5.74, 6) is 0.456. The van der Waals surface area contributed by atoms with Gasteiger partial charge in [0.1, 0.15) is 23.0 Å². The summed E-state index contributed by atoms with van der Waals surface area (Å²) in [6.07, 6.45) is 7.45. The number of amides is 4. The smallest absolute Gasteiger partial charge is 0.261 e. The van der Waals surface area contributed by atoms with Crippen molar-refractivity contribution in [2.75, 3.05) is 13.1 Å². The van der Waals surface area contributed by atoms with Crippen LogP contribution in [-0.2, 0) is 0 Å². The highest BCUT2D eigenvalue weighted by atomic mass is 16.5. The van der Waals surface area contributed by atoms with Gasteiger partial charge in [-0.1, -0.05) is 115 Å². The Morgan fingerprint density at radius 2 is 0.750 bits per heavy atom. The van der Waals surface area contributed by atoms with Crippen LogP contribution in [-0.4, -0.2) is 46.5 Å². The second-order valence-electron chi connectivity index (χ2n) is 20.0. The van der Waals surface area contributed by atoms with E-state index in [4.69, 9.17) is 9.47 Å². The summed E-state index contributed by atoms with van der Waals surface area (Å²) in [5, 5.41) is 22.5. The molecule has 9 aromatic carbocycles. The SMILES string of the molecule is CCCCC(CC)CN1C(=O)c2ccc3c4c(Oc5ccc(N=Nc6ccccc6)cc5)cc5c6c(ccc(c7c(Oc8ccc(N=Nc9ccccc9)cc8)cc(c2c37)C1=O)c64)C(=O)N(CC(CC)CCCC)C5=O. The molecule has 12 nitrogen and oxygen atoms in total. The minimum absolute atomic E-state index is 0.133. The van der Waals surface area contributed by atoms with E-state index in [0.29, 0.717) is 113 Å². The molecule has 2 aliphatic heterocycles. The first-order valence-corrected chi connectivity index (χ1v) is 26.7. The maximum absolute atomic E-state index is 15.1. The van der Waals surface area contributed by atoms with Crippen LogP contribution in [0.1, 0.15) is 120 Å². The molecular formula is C64H58N6O6. The highest BCUT2D eigenvalue weighted by molar-refractivity contribution is 6.43. The molecule has 2 aliphatic rings. The Bertz CT molecular complexity index is 3500. The van der Waals surface area contributed by atoms with Gasteiger partial charge < -0.3 is 9.47 Å². The summed E-state index contributed by atoms with van der Waals surface area (Å²) in [7, 11) is 0. The monoisotopic (exact) mass is 1010 g/mol. The van der Waals surface area contributed by atoms with Crippen LogP contribution < -0.4 is 9.47 Å². The highest BCUT2D eigenvalue weighted by Gasteiger charge is 2.40. The molecule has 2 atom stereocenters. The minimum atomic E-state index is -0.393. The van der Waals surface area contributed by atoms with E-state index < -0.39 is 11.8 Å². The fraction of sp³-hybridized carbons (Fsp3) is 0.250. The van der Waals surface area contributed by atoms with Crippen LogP contribution in [0.4, 0.5) is 22.7 Å². The summed E-state index contributed by atoms with van der Waals surface area (Å²) in [4.78, 5) is 62.7. The molecule has 2 heterocycles. The van der Waals surface area contributed by atoms with Gasteiger partial charge >= 0.3 is 0 Å². The Morgan fingerprint density at radius 1 is 0.395 bits per heavy atom. The van der Waals surface area contributed by atoms with Crippen LogP contribution >= 0.6 is 0 Å². The topological polar surface area (TPSA) is 143 Å². The van der Waals surface area contributed by atoms with Gasteiger partial charge in [0.05, 0.1) is 33.9 Å². The number of rotatable bonds is 20. The van der Waals surface area contributed by atoms with E-state index in [1.165, 1.54) is 9.80 Å². The summed E-state index contributed by atoms with van der Waals surface area (Å²) in [6, 6.07) is 44.4. The fourth-order valence-electron chi connectivity index (χ4n) is 11.0. The lowest BCUT2D eigenvalue weighted by molar-refractivity contribution is 0.0565. The molecular weight excluding hydrogens is 949 g/mol. The molecule has 0 bridgehead atoms. The van der Waals surface area contributed by atoms with Gasteiger partial charge in [0.2, 0.25) is 0 Å².